The van der Waals surface area contributed by atoms with E-state index >= 15 is 0 Å². The van der Waals surface area contributed by atoms with Crippen LogP contribution in [0.4, 0.5) is 5.69 Å². The molecule has 1 aliphatic rings. The monoisotopic (exact) mass is 303 g/mol. The van der Waals surface area contributed by atoms with Gasteiger partial charge in [-0.1, -0.05) is 19.1 Å². The van der Waals surface area contributed by atoms with Crippen molar-refractivity contribution in [2.24, 2.45) is 0 Å². The Hall–Kier alpha value is -1.55. The number of benzene rings is 1. The molecule has 0 aliphatic carbocycles. The zero-order chi connectivity index (χ0) is 16.1. The number of carbonyl (C=O) groups is 1. The van der Waals surface area contributed by atoms with Gasteiger partial charge in [0, 0.05) is 38.9 Å². The minimum Gasteiger partial charge on any atom is -0.371 e. The molecule has 4 nitrogen and oxygen atoms in total. The molecule has 1 fully saturated rings. The minimum absolute atomic E-state index is 0.166. The third kappa shape index (κ3) is 4.01. The first kappa shape index (κ1) is 16.8. The van der Waals surface area contributed by atoms with Crippen molar-refractivity contribution in [2.45, 2.75) is 38.6 Å². The number of anilines is 1. The fraction of sp³-hybridized carbons (Fsp3) is 0.611. The molecule has 0 atom stereocenters. The summed E-state index contributed by atoms with van der Waals surface area (Å²) in [5.41, 5.74) is 3.71. The SMILES string of the molecule is CCc1ccc(N2CCC(NC)CC2)c(CC(=O)N(C)C)c1. The third-order valence-electron chi connectivity index (χ3n) is 4.64. The molecule has 122 valence electrons. The molecule has 1 aliphatic heterocycles. The van der Waals surface area contributed by atoms with Crippen LogP contribution in [0.3, 0.4) is 0 Å². The molecule has 0 saturated carbocycles. The van der Waals surface area contributed by atoms with Crippen LogP contribution in [0.1, 0.15) is 30.9 Å². The molecule has 1 aromatic rings. The molecule has 1 heterocycles. The highest BCUT2D eigenvalue weighted by atomic mass is 16.2. The van der Waals surface area contributed by atoms with Crippen LogP contribution in [0, 0.1) is 0 Å². The highest BCUT2D eigenvalue weighted by Crippen LogP contribution is 2.26. The minimum atomic E-state index is 0.166. The second-order valence-electron chi connectivity index (χ2n) is 6.33. The van der Waals surface area contributed by atoms with Gasteiger partial charge in [-0.05, 0) is 43.5 Å². The van der Waals surface area contributed by atoms with Crippen molar-refractivity contribution >= 4 is 11.6 Å². The van der Waals surface area contributed by atoms with Crippen molar-refractivity contribution in [3.05, 3.63) is 29.3 Å². The van der Waals surface area contributed by atoms with Crippen LogP contribution in [0.15, 0.2) is 18.2 Å². The van der Waals surface area contributed by atoms with Gasteiger partial charge in [-0.2, -0.15) is 0 Å². The van der Waals surface area contributed by atoms with E-state index in [-0.39, 0.29) is 5.91 Å². The average Bonchev–Trinajstić information content (AvgIpc) is 2.54. The number of rotatable bonds is 5. The second-order valence-corrected chi connectivity index (χ2v) is 6.33. The molecule has 22 heavy (non-hydrogen) atoms. The Morgan fingerprint density at radius 3 is 2.55 bits per heavy atom. The van der Waals surface area contributed by atoms with Crippen LogP contribution >= 0.6 is 0 Å². The van der Waals surface area contributed by atoms with Gasteiger partial charge in [-0.15, -0.1) is 0 Å². The molecule has 0 radical (unpaired) electrons. The number of amides is 1. The highest BCUT2D eigenvalue weighted by molar-refractivity contribution is 5.80. The normalized spacial score (nSPS) is 15.9. The summed E-state index contributed by atoms with van der Waals surface area (Å²) in [6, 6.07) is 7.24. The molecule has 0 unspecified atom stereocenters. The molecular formula is C18H29N3O. The van der Waals surface area contributed by atoms with Gasteiger partial charge in [-0.3, -0.25) is 4.79 Å². The van der Waals surface area contributed by atoms with Crippen LogP contribution in [0.5, 0.6) is 0 Å². The maximum Gasteiger partial charge on any atom is 0.226 e. The van der Waals surface area contributed by atoms with Gasteiger partial charge < -0.3 is 15.1 Å². The number of hydrogen-bond acceptors (Lipinski definition) is 3. The molecule has 1 N–H and O–H groups in total. The Morgan fingerprint density at radius 1 is 1.32 bits per heavy atom. The molecule has 0 spiro atoms. The van der Waals surface area contributed by atoms with E-state index in [1.165, 1.54) is 16.8 Å². The van der Waals surface area contributed by atoms with Gasteiger partial charge in [0.15, 0.2) is 0 Å². The molecule has 4 heteroatoms. The number of nitrogens with one attached hydrogen (secondary N) is 1. The number of carbonyl (C=O) groups excluding carboxylic acids is 1. The van der Waals surface area contributed by atoms with Crippen LogP contribution in [-0.4, -0.2) is 51.1 Å². The summed E-state index contributed by atoms with van der Waals surface area (Å²) in [6.45, 7) is 4.27. The quantitative estimate of drug-likeness (QED) is 0.904. The van der Waals surface area contributed by atoms with Gasteiger partial charge >= 0.3 is 0 Å². The summed E-state index contributed by atoms with van der Waals surface area (Å²) in [5, 5.41) is 3.37. The molecule has 2 rings (SSSR count). The maximum atomic E-state index is 12.1. The van der Waals surface area contributed by atoms with E-state index in [1.807, 2.05) is 21.1 Å². The van der Waals surface area contributed by atoms with Gasteiger partial charge in [-0.25, -0.2) is 0 Å². The van der Waals surface area contributed by atoms with Gasteiger partial charge in [0.2, 0.25) is 5.91 Å². The number of likely N-dealkylation sites (N-methyl/N-ethyl adjacent to an activating group) is 1. The van der Waals surface area contributed by atoms with E-state index in [0.717, 1.165) is 32.4 Å². The number of nitrogens with zero attached hydrogens (tertiary/aromatic N) is 2. The molecule has 1 amide bonds. The van der Waals surface area contributed by atoms with Crippen molar-refractivity contribution in [3.8, 4) is 0 Å². The molecule has 0 aromatic heterocycles. The summed E-state index contributed by atoms with van der Waals surface area (Å²) >= 11 is 0. The van der Waals surface area contributed by atoms with E-state index in [1.54, 1.807) is 4.90 Å². The van der Waals surface area contributed by atoms with Crippen molar-refractivity contribution in [1.82, 2.24) is 10.2 Å². The lowest BCUT2D eigenvalue weighted by atomic mass is 9.99. The first-order valence-corrected chi connectivity index (χ1v) is 8.29. The first-order valence-electron chi connectivity index (χ1n) is 8.29. The van der Waals surface area contributed by atoms with Gasteiger partial charge in [0.05, 0.1) is 6.42 Å². The second kappa shape index (κ2) is 7.63. The lowest BCUT2D eigenvalue weighted by molar-refractivity contribution is -0.127. The van der Waals surface area contributed by atoms with E-state index in [9.17, 15) is 4.79 Å². The number of piperidine rings is 1. The van der Waals surface area contributed by atoms with Crippen LogP contribution in [0.25, 0.3) is 0 Å². The van der Waals surface area contributed by atoms with E-state index in [0.29, 0.717) is 12.5 Å². The van der Waals surface area contributed by atoms with Crippen molar-refractivity contribution in [1.29, 1.82) is 0 Å². The lowest BCUT2D eigenvalue weighted by Crippen LogP contribution is -2.41. The van der Waals surface area contributed by atoms with E-state index in [2.05, 4.69) is 35.3 Å². The topological polar surface area (TPSA) is 35.6 Å². The maximum absolute atomic E-state index is 12.1. The first-order chi connectivity index (χ1) is 10.5. The fourth-order valence-corrected chi connectivity index (χ4v) is 3.04. The van der Waals surface area contributed by atoms with E-state index < -0.39 is 0 Å². The van der Waals surface area contributed by atoms with Crippen molar-refractivity contribution in [2.75, 3.05) is 39.1 Å². The largest absolute Gasteiger partial charge is 0.371 e. The summed E-state index contributed by atoms with van der Waals surface area (Å²) in [4.78, 5) is 16.3. The zero-order valence-corrected chi connectivity index (χ0v) is 14.4. The van der Waals surface area contributed by atoms with Crippen LogP contribution < -0.4 is 10.2 Å². The summed E-state index contributed by atoms with van der Waals surface area (Å²) in [6.07, 6.45) is 3.81. The van der Waals surface area contributed by atoms with Gasteiger partial charge in [0.25, 0.3) is 0 Å². The highest BCUT2D eigenvalue weighted by Gasteiger charge is 2.21. The standard InChI is InChI=1S/C18H29N3O/c1-5-14-6-7-17(15(12-14)13-18(22)20(3)4)21-10-8-16(19-2)9-11-21/h6-7,12,16,19H,5,8-11,13H2,1-4H3. The number of hydrogen-bond donors (Lipinski definition) is 1. The average molecular weight is 303 g/mol. The summed E-state index contributed by atoms with van der Waals surface area (Å²) in [7, 11) is 5.69. The summed E-state index contributed by atoms with van der Waals surface area (Å²) < 4.78 is 0. The Balaban J connectivity index is 2.20. The Morgan fingerprint density at radius 2 is 2.00 bits per heavy atom. The third-order valence-corrected chi connectivity index (χ3v) is 4.64. The Bertz CT molecular complexity index is 505. The molecule has 0 bridgehead atoms. The van der Waals surface area contributed by atoms with Crippen molar-refractivity contribution in [3.63, 3.8) is 0 Å². The van der Waals surface area contributed by atoms with Crippen LogP contribution in [0.2, 0.25) is 0 Å². The molecular weight excluding hydrogens is 274 g/mol. The Kier molecular flexibility index (Phi) is 5.83. The van der Waals surface area contributed by atoms with Gasteiger partial charge in [0.1, 0.15) is 0 Å². The van der Waals surface area contributed by atoms with E-state index in [4.69, 9.17) is 0 Å². The number of aryl methyl sites for hydroxylation is 1. The summed E-state index contributed by atoms with van der Waals surface area (Å²) in [5.74, 6) is 0.166. The molecule has 1 aromatic carbocycles. The molecule has 1 saturated heterocycles. The predicted octanol–water partition coefficient (Wildman–Crippen LogP) is 2.07. The lowest BCUT2D eigenvalue weighted by Gasteiger charge is -2.35. The van der Waals surface area contributed by atoms with Crippen molar-refractivity contribution < 1.29 is 4.79 Å². The predicted molar refractivity (Wildman–Crippen MR) is 92.5 cm³/mol. The Labute approximate surface area is 134 Å². The van der Waals surface area contributed by atoms with Crippen LogP contribution in [-0.2, 0) is 17.6 Å². The zero-order valence-electron chi connectivity index (χ0n) is 14.4. The fourth-order valence-electron chi connectivity index (χ4n) is 3.04. The smallest absolute Gasteiger partial charge is 0.226 e.